The SMILES string of the molecule is CCCCOC(=O)c1ccc(N2C(=O)[C@@H]3[C@H](C2=O)[C@@H](C(=O)c2cccc([N+](=O)[O-])c2)N2c4ccccc4C=C[C@H]32)cc1. The maximum atomic E-state index is 14.1. The molecule has 0 spiro atoms. The van der Waals surface area contributed by atoms with Crippen LogP contribution in [0.2, 0.25) is 0 Å². The number of fused-ring (bicyclic) bond motifs is 5. The summed E-state index contributed by atoms with van der Waals surface area (Å²) in [6.45, 7) is 2.29. The van der Waals surface area contributed by atoms with Gasteiger partial charge in [0.15, 0.2) is 5.78 Å². The van der Waals surface area contributed by atoms with E-state index in [1.54, 1.807) is 0 Å². The van der Waals surface area contributed by atoms with Crippen molar-refractivity contribution in [3.63, 3.8) is 0 Å². The number of hydrogen-bond donors (Lipinski definition) is 0. The normalized spacial score (nSPS) is 22.0. The van der Waals surface area contributed by atoms with Crippen LogP contribution in [0.4, 0.5) is 17.1 Å². The van der Waals surface area contributed by atoms with Gasteiger partial charge in [0.05, 0.1) is 40.7 Å². The lowest BCUT2D eigenvalue weighted by Gasteiger charge is -2.36. The molecule has 0 N–H and O–H groups in total. The summed E-state index contributed by atoms with van der Waals surface area (Å²) >= 11 is 0. The molecule has 0 bridgehead atoms. The van der Waals surface area contributed by atoms with Gasteiger partial charge in [-0.05, 0) is 42.3 Å². The molecule has 3 aliphatic rings. The van der Waals surface area contributed by atoms with Gasteiger partial charge in [-0.1, -0.05) is 55.8 Å². The molecule has 4 atom stereocenters. The van der Waals surface area contributed by atoms with E-state index < -0.39 is 52.4 Å². The molecule has 2 amide bonds. The number of imide groups is 1. The molecule has 0 radical (unpaired) electrons. The molecule has 3 aromatic carbocycles. The zero-order valence-electron chi connectivity index (χ0n) is 22.7. The summed E-state index contributed by atoms with van der Waals surface area (Å²) in [5, 5.41) is 11.4. The summed E-state index contributed by atoms with van der Waals surface area (Å²) in [5.41, 5.74) is 1.98. The molecule has 0 saturated carbocycles. The van der Waals surface area contributed by atoms with E-state index in [-0.39, 0.29) is 16.9 Å². The first-order valence-electron chi connectivity index (χ1n) is 13.8. The number of non-ortho nitro benzene ring substituents is 1. The van der Waals surface area contributed by atoms with E-state index in [0.29, 0.717) is 17.9 Å². The fourth-order valence-corrected chi connectivity index (χ4v) is 6.15. The van der Waals surface area contributed by atoms with Crippen LogP contribution in [0, 0.1) is 22.0 Å². The van der Waals surface area contributed by atoms with Crippen molar-refractivity contribution in [2.24, 2.45) is 11.8 Å². The summed E-state index contributed by atoms with van der Waals surface area (Å²) in [7, 11) is 0. The van der Waals surface area contributed by atoms with Gasteiger partial charge in [-0.15, -0.1) is 0 Å². The number of Topliss-reactive ketones (excluding diaryl/α,β-unsaturated/α-hetero) is 1. The molecular weight excluding hydrogens is 538 g/mol. The van der Waals surface area contributed by atoms with Crippen LogP contribution in [0.15, 0.2) is 78.9 Å². The summed E-state index contributed by atoms with van der Waals surface area (Å²) < 4.78 is 5.25. The smallest absolute Gasteiger partial charge is 0.338 e. The van der Waals surface area contributed by atoms with Gasteiger partial charge in [-0.25, -0.2) is 9.69 Å². The number of nitro benzene ring substituents is 1. The third kappa shape index (κ3) is 4.36. The Hall–Kier alpha value is -5.12. The molecule has 0 aliphatic carbocycles. The average Bonchev–Trinajstić information content (AvgIpc) is 3.49. The number of hydrogen-bond acceptors (Lipinski definition) is 8. The van der Waals surface area contributed by atoms with E-state index in [1.807, 2.05) is 48.2 Å². The predicted octanol–water partition coefficient (Wildman–Crippen LogP) is 4.82. The Morgan fingerprint density at radius 2 is 1.67 bits per heavy atom. The van der Waals surface area contributed by atoms with Crippen LogP contribution >= 0.6 is 0 Å². The van der Waals surface area contributed by atoms with Gasteiger partial charge in [0.1, 0.15) is 6.04 Å². The first-order valence-corrected chi connectivity index (χ1v) is 13.8. The minimum absolute atomic E-state index is 0.0882. The van der Waals surface area contributed by atoms with Crippen molar-refractivity contribution in [3.05, 3.63) is 106 Å². The van der Waals surface area contributed by atoms with Gasteiger partial charge in [-0.3, -0.25) is 24.5 Å². The zero-order valence-corrected chi connectivity index (χ0v) is 22.7. The number of carbonyl (C=O) groups excluding carboxylic acids is 4. The molecule has 2 fully saturated rings. The van der Waals surface area contributed by atoms with Gasteiger partial charge in [0.2, 0.25) is 11.8 Å². The second kappa shape index (κ2) is 10.7. The monoisotopic (exact) mass is 565 g/mol. The summed E-state index contributed by atoms with van der Waals surface area (Å²) in [6.07, 6.45) is 5.35. The standard InChI is InChI=1S/C32H27N3O7/c1-2-3-17-42-32(39)20-11-14-22(15-12-20)33-30(37)26-25-16-13-19-7-4-5-10-24(19)34(25)28(27(26)31(33)38)29(36)21-8-6-9-23(18-21)35(40)41/h4-16,18,25-28H,2-3,17H2,1H3/t25-,26+,27+,28+/m1/s1. The average molecular weight is 566 g/mol. The molecule has 3 aromatic rings. The fraction of sp³-hybridized carbons (Fsp3) is 0.250. The molecule has 0 unspecified atom stereocenters. The molecule has 3 aliphatic heterocycles. The molecule has 10 heteroatoms. The lowest BCUT2D eigenvalue weighted by atomic mass is 9.86. The first kappa shape index (κ1) is 27.1. The van der Waals surface area contributed by atoms with Gasteiger partial charge in [-0.2, -0.15) is 0 Å². The van der Waals surface area contributed by atoms with Gasteiger partial charge < -0.3 is 9.64 Å². The van der Waals surface area contributed by atoms with E-state index in [0.717, 1.165) is 23.3 Å². The Balaban J connectivity index is 1.37. The highest BCUT2D eigenvalue weighted by molar-refractivity contribution is 6.25. The number of benzene rings is 3. The van der Waals surface area contributed by atoms with Crippen molar-refractivity contribution < 1.29 is 28.8 Å². The number of carbonyl (C=O) groups is 4. The summed E-state index contributed by atoms with van der Waals surface area (Å²) in [6, 6.07) is 17.2. The lowest BCUT2D eigenvalue weighted by molar-refractivity contribution is -0.384. The van der Waals surface area contributed by atoms with E-state index in [1.165, 1.54) is 48.5 Å². The van der Waals surface area contributed by atoms with Gasteiger partial charge >= 0.3 is 5.97 Å². The van der Waals surface area contributed by atoms with Gasteiger partial charge in [0.25, 0.3) is 5.69 Å². The molecule has 6 rings (SSSR count). The molecule has 212 valence electrons. The first-order chi connectivity index (χ1) is 20.3. The van der Waals surface area contributed by atoms with Crippen LogP contribution in [0.3, 0.4) is 0 Å². The predicted molar refractivity (Wildman–Crippen MR) is 154 cm³/mol. The number of nitrogens with zero attached hydrogens (tertiary/aromatic N) is 3. The summed E-state index contributed by atoms with van der Waals surface area (Å²) in [4.78, 5) is 68.3. The van der Waals surface area contributed by atoms with Gasteiger partial charge in [0, 0.05) is 23.4 Å². The topological polar surface area (TPSA) is 127 Å². The summed E-state index contributed by atoms with van der Waals surface area (Å²) in [5.74, 6) is -3.83. The highest BCUT2D eigenvalue weighted by Crippen LogP contribution is 2.49. The zero-order chi connectivity index (χ0) is 29.5. The van der Waals surface area contributed by atoms with E-state index in [4.69, 9.17) is 4.74 Å². The second-order valence-electron chi connectivity index (χ2n) is 10.5. The number of ketones is 1. The van der Waals surface area contributed by atoms with Crippen molar-refractivity contribution >= 4 is 46.7 Å². The van der Waals surface area contributed by atoms with E-state index >= 15 is 0 Å². The Morgan fingerprint density at radius 3 is 2.40 bits per heavy atom. The van der Waals surface area contributed by atoms with E-state index in [9.17, 15) is 29.3 Å². The number of para-hydroxylation sites is 1. The Labute approximate surface area is 241 Å². The largest absolute Gasteiger partial charge is 0.462 e. The van der Waals surface area contributed by atoms with E-state index in [2.05, 4.69) is 0 Å². The number of esters is 1. The molecule has 10 nitrogen and oxygen atoms in total. The van der Waals surface area contributed by atoms with Crippen molar-refractivity contribution in [2.45, 2.75) is 31.8 Å². The lowest BCUT2D eigenvalue weighted by Crippen LogP contribution is -2.48. The van der Waals surface area contributed by atoms with Crippen LogP contribution in [-0.4, -0.2) is 47.2 Å². The van der Waals surface area contributed by atoms with Crippen molar-refractivity contribution in [1.82, 2.24) is 0 Å². The van der Waals surface area contributed by atoms with Crippen LogP contribution in [0.1, 0.15) is 46.0 Å². The third-order valence-electron chi connectivity index (χ3n) is 8.12. The van der Waals surface area contributed by atoms with Crippen molar-refractivity contribution in [3.8, 4) is 0 Å². The number of amides is 2. The van der Waals surface area contributed by atoms with Crippen LogP contribution in [0.25, 0.3) is 6.08 Å². The van der Waals surface area contributed by atoms with Crippen LogP contribution in [-0.2, 0) is 14.3 Å². The molecule has 0 aromatic heterocycles. The highest BCUT2D eigenvalue weighted by atomic mass is 16.6. The molecule has 2 saturated heterocycles. The molecule has 42 heavy (non-hydrogen) atoms. The molecule has 3 heterocycles. The van der Waals surface area contributed by atoms with Crippen LogP contribution in [0.5, 0.6) is 0 Å². The highest BCUT2D eigenvalue weighted by Gasteiger charge is 2.64. The Bertz CT molecular complexity index is 1650. The number of rotatable bonds is 8. The van der Waals surface area contributed by atoms with Crippen LogP contribution < -0.4 is 9.80 Å². The quantitative estimate of drug-likeness (QED) is 0.0950. The fourth-order valence-electron chi connectivity index (χ4n) is 6.15. The molecular formula is C32H27N3O7. The maximum Gasteiger partial charge on any atom is 0.338 e. The minimum Gasteiger partial charge on any atom is -0.462 e. The number of nitro groups is 1. The Morgan fingerprint density at radius 1 is 0.929 bits per heavy atom. The maximum absolute atomic E-state index is 14.1. The minimum atomic E-state index is -1.07. The Kier molecular flexibility index (Phi) is 6.89. The number of unbranched alkanes of at least 4 members (excludes halogenated alkanes) is 1. The van der Waals surface area contributed by atoms with Crippen molar-refractivity contribution in [2.75, 3.05) is 16.4 Å². The number of anilines is 2. The third-order valence-corrected chi connectivity index (χ3v) is 8.12. The number of ether oxygens (including phenoxy) is 1. The van der Waals surface area contributed by atoms with Crippen molar-refractivity contribution in [1.29, 1.82) is 0 Å². The second-order valence-corrected chi connectivity index (χ2v) is 10.5.